The minimum absolute atomic E-state index is 0.484. The molecule has 1 unspecified atom stereocenters. The molecule has 0 spiro atoms. The van der Waals surface area contributed by atoms with Crippen LogP contribution in [0.15, 0.2) is 30.3 Å². The summed E-state index contributed by atoms with van der Waals surface area (Å²) >= 11 is 0. The van der Waals surface area contributed by atoms with Crippen LogP contribution in [0.3, 0.4) is 0 Å². The summed E-state index contributed by atoms with van der Waals surface area (Å²) in [4.78, 5) is 11.4. The first-order valence-electron chi connectivity index (χ1n) is 6.54. The van der Waals surface area contributed by atoms with Crippen molar-refractivity contribution in [3.8, 4) is 0 Å². The van der Waals surface area contributed by atoms with Crippen LogP contribution >= 0.6 is 0 Å². The number of carboxylic acid groups (broad SMARTS) is 1. The zero-order valence-electron chi connectivity index (χ0n) is 11.2. The first kappa shape index (κ1) is 14.7. The fourth-order valence-electron chi connectivity index (χ4n) is 1.83. The molecule has 3 heteroatoms. The highest BCUT2D eigenvalue weighted by molar-refractivity contribution is 5.78. The summed E-state index contributed by atoms with van der Waals surface area (Å²) in [7, 11) is 0. The highest BCUT2D eigenvalue weighted by Crippen LogP contribution is 2.26. The Morgan fingerprint density at radius 1 is 1.22 bits per heavy atom. The van der Waals surface area contributed by atoms with Crippen LogP contribution in [0.5, 0.6) is 0 Å². The Morgan fingerprint density at radius 3 is 2.44 bits per heavy atom. The van der Waals surface area contributed by atoms with Gasteiger partial charge in [0.15, 0.2) is 5.60 Å². The summed E-state index contributed by atoms with van der Waals surface area (Å²) in [5, 5.41) is 9.36. The van der Waals surface area contributed by atoms with Crippen LogP contribution in [0.2, 0.25) is 0 Å². The third-order valence-corrected chi connectivity index (χ3v) is 3.12. The minimum Gasteiger partial charge on any atom is -0.479 e. The number of ether oxygens (including phenoxy) is 1. The van der Waals surface area contributed by atoms with Gasteiger partial charge in [0.25, 0.3) is 0 Å². The second kappa shape index (κ2) is 7.17. The zero-order valence-corrected chi connectivity index (χ0v) is 11.2. The van der Waals surface area contributed by atoms with Gasteiger partial charge in [0, 0.05) is 6.61 Å². The molecule has 1 aromatic rings. The molecule has 3 nitrogen and oxygen atoms in total. The van der Waals surface area contributed by atoms with E-state index in [0.717, 1.165) is 19.3 Å². The molecule has 0 aliphatic carbocycles. The number of carboxylic acids is 1. The largest absolute Gasteiger partial charge is 0.479 e. The van der Waals surface area contributed by atoms with Crippen LogP contribution < -0.4 is 0 Å². The van der Waals surface area contributed by atoms with Crippen LogP contribution in [0, 0.1) is 0 Å². The average molecular weight is 250 g/mol. The smallest absolute Gasteiger partial charge is 0.340 e. The van der Waals surface area contributed by atoms with Gasteiger partial charge in [-0.1, -0.05) is 56.5 Å². The molecule has 0 aliphatic heterocycles. The quantitative estimate of drug-likeness (QED) is 0.717. The predicted octanol–water partition coefficient (Wildman–Crippen LogP) is 3.58. The van der Waals surface area contributed by atoms with E-state index in [2.05, 4.69) is 6.92 Å². The Balaban J connectivity index is 2.62. The van der Waals surface area contributed by atoms with E-state index >= 15 is 0 Å². The summed E-state index contributed by atoms with van der Waals surface area (Å²) in [6.07, 6.45) is 4.32. The van der Waals surface area contributed by atoms with E-state index in [4.69, 9.17) is 4.74 Å². The molecule has 0 bridgehead atoms. The lowest BCUT2D eigenvalue weighted by Crippen LogP contribution is -2.35. The van der Waals surface area contributed by atoms with Crippen molar-refractivity contribution in [3.05, 3.63) is 35.9 Å². The Labute approximate surface area is 109 Å². The van der Waals surface area contributed by atoms with E-state index in [0.29, 0.717) is 12.2 Å². The van der Waals surface area contributed by atoms with Crippen LogP contribution in [0.1, 0.15) is 45.1 Å². The summed E-state index contributed by atoms with van der Waals surface area (Å²) in [5.41, 5.74) is -0.555. The fourth-order valence-corrected chi connectivity index (χ4v) is 1.83. The first-order chi connectivity index (χ1) is 8.61. The lowest BCUT2D eigenvalue weighted by atomic mass is 9.96. The molecule has 0 amide bonds. The van der Waals surface area contributed by atoms with Crippen molar-refractivity contribution in [1.29, 1.82) is 0 Å². The van der Waals surface area contributed by atoms with Crippen molar-refractivity contribution in [2.45, 2.75) is 45.1 Å². The van der Waals surface area contributed by atoms with Crippen molar-refractivity contribution in [2.75, 3.05) is 6.61 Å². The van der Waals surface area contributed by atoms with Gasteiger partial charge in [0.2, 0.25) is 0 Å². The highest BCUT2D eigenvalue weighted by atomic mass is 16.5. The standard InChI is InChI=1S/C15H22O3/c1-3-4-5-9-12-18-15(2,14(16)17)13-10-7-6-8-11-13/h6-8,10-11H,3-5,9,12H2,1-2H3,(H,16,17). The van der Waals surface area contributed by atoms with E-state index in [1.54, 1.807) is 19.1 Å². The Kier molecular flexibility index (Phi) is 5.86. The van der Waals surface area contributed by atoms with E-state index < -0.39 is 11.6 Å². The molecular formula is C15H22O3. The van der Waals surface area contributed by atoms with Gasteiger partial charge in [0.1, 0.15) is 0 Å². The van der Waals surface area contributed by atoms with Gasteiger partial charge < -0.3 is 9.84 Å². The topological polar surface area (TPSA) is 46.5 Å². The SMILES string of the molecule is CCCCCCOC(C)(C(=O)O)c1ccccc1. The summed E-state index contributed by atoms with van der Waals surface area (Å²) in [6.45, 7) is 4.24. The van der Waals surface area contributed by atoms with E-state index in [9.17, 15) is 9.90 Å². The van der Waals surface area contributed by atoms with Gasteiger partial charge in [-0.15, -0.1) is 0 Å². The third-order valence-electron chi connectivity index (χ3n) is 3.12. The molecule has 1 atom stereocenters. The lowest BCUT2D eigenvalue weighted by molar-refractivity contribution is -0.165. The highest BCUT2D eigenvalue weighted by Gasteiger charge is 2.35. The summed E-state index contributed by atoms with van der Waals surface area (Å²) in [5.74, 6) is -0.941. The van der Waals surface area contributed by atoms with Gasteiger partial charge in [-0.05, 0) is 18.9 Å². The van der Waals surface area contributed by atoms with Crippen LogP contribution in [0.4, 0.5) is 0 Å². The molecular weight excluding hydrogens is 228 g/mol. The maximum atomic E-state index is 11.4. The van der Waals surface area contributed by atoms with Crippen LogP contribution in [-0.4, -0.2) is 17.7 Å². The monoisotopic (exact) mass is 250 g/mol. The number of rotatable bonds is 8. The van der Waals surface area contributed by atoms with E-state index in [-0.39, 0.29) is 0 Å². The van der Waals surface area contributed by atoms with Gasteiger partial charge in [0.05, 0.1) is 0 Å². The summed E-state index contributed by atoms with van der Waals surface area (Å²) < 4.78 is 5.62. The van der Waals surface area contributed by atoms with Crippen molar-refractivity contribution in [2.24, 2.45) is 0 Å². The molecule has 0 saturated heterocycles. The predicted molar refractivity (Wildman–Crippen MR) is 71.5 cm³/mol. The Bertz CT molecular complexity index is 361. The molecule has 18 heavy (non-hydrogen) atoms. The van der Waals surface area contributed by atoms with Crippen molar-refractivity contribution in [1.82, 2.24) is 0 Å². The lowest BCUT2D eigenvalue weighted by Gasteiger charge is -2.25. The molecule has 0 aliphatic rings. The van der Waals surface area contributed by atoms with Crippen molar-refractivity contribution < 1.29 is 14.6 Å². The maximum absolute atomic E-state index is 11.4. The first-order valence-corrected chi connectivity index (χ1v) is 6.54. The second-order valence-corrected chi connectivity index (χ2v) is 4.61. The summed E-state index contributed by atoms with van der Waals surface area (Å²) in [6, 6.07) is 9.11. The number of benzene rings is 1. The minimum atomic E-state index is -1.24. The van der Waals surface area contributed by atoms with Gasteiger partial charge in [-0.3, -0.25) is 0 Å². The molecule has 0 aromatic heterocycles. The molecule has 0 saturated carbocycles. The fraction of sp³-hybridized carbons (Fsp3) is 0.533. The van der Waals surface area contributed by atoms with Crippen LogP contribution in [0.25, 0.3) is 0 Å². The Morgan fingerprint density at radius 2 is 1.89 bits per heavy atom. The molecule has 1 aromatic carbocycles. The normalized spacial score (nSPS) is 14.1. The van der Waals surface area contributed by atoms with E-state index in [1.165, 1.54) is 6.42 Å². The average Bonchev–Trinajstić information content (AvgIpc) is 2.39. The van der Waals surface area contributed by atoms with Gasteiger partial charge in [-0.25, -0.2) is 4.79 Å². The van der Waals surface area contributed by atoms with Crippen molar-refractivity contribution >= 4 is 5.97 Å². The number of aliphatic carboxylic acids is 1. The maximum Gasteiger partial charge on any atom is 0.340 e. The van der Waals surface area contributed by atoms with Crippen LogP contribution in [-0.2, 0) is 15.1 Å². The Hall–Kier alpha value is -1.35. The third kappa shape index (κ3) is 3.84. The van der Waals surface area contributed by atoms with Crippen molar-refractivity contribution in [3.63, 3.8) is 0 Å². The molecule has 0 fully saturated rings. The molecule has 0 radical (unpaired) electrons. The molecule has 100 valence electrons. The molecule has 1 rings (SSSR count). The second-order valence-electron chi connectivity index (χ2n) is 4.61. The number of hydrogen-bond donors (Lipinski definition) is 1. The number of carbonyl (C=O) groups is 1. The number of unbranched alkanes of at least 4 members (excludes halogenated alkanes) is 3. The molecule has 0 heterocycles. The van der Waals surface area contributed by atoms with Gasteiger partial charge in [-0.2, -0.15) is 0 Å². The zero-order chi connectivity index (χ0) is 13.4. The molecule has 1 N–H and O–H groups in total. The van der Waals surface area contributed by atoms with E-state index in [1.807, 2.05) is 18.2 Å². The number of hydrogen-bond acceptors (Lipinski definition) is 2. The van der Waals surface area contributed by atoms with Gasteiger partial charge >= 0.3 is 5.97 Å².